The van der Waals surface area contributed by atoms with Crippen LogP contribution in [-0.2, 0) is 0 Å². The third kappa shape index (κ3) is 1.45. The minimum atomic E-state index is -1.02. The van der Waals surface area contributed by atoms with Crippen molar-refractivity contribution in [1.82, 2.24) is 5.06 Å². The van der Waals surface area contributed by atoms with Gasteiger partial charge in [-0.25, -0.2) is 0 Å². The normalized spacial score (nSPS) is 36.3. The van der Waals surface area contributed by atoms with E-state index in [-0.39, 0.29) is 0 Å². The first-order valence-corrected chi connectivity index (χ1v) is 4.65. The monoisotopic (exact) mass is 163 g/mol. The molecule has 1 aliphatic rings. The molecule has 1 atom stereocenters. The number of hydrogen-bond donors (Lipinski definition) is 2. The van der Waals surface area contributed by atoms with Crippen molar-refractivity contribution < 1.29 is 10.3 Å². The largest absolute Gasteiger partial charge is 0.365 e. The van der Waals surface area contributed by atoms with Crippen LogP contribution in [-0.4, -0.2) is 33.2 Å². The molecule has 0 aromatic carbocycles. The smallest absolute Gasteiger partial charge is 0.188 e. The third-order valence-corrected chi connectivity index (χ3v) is 2.92. The molecule has 60 valence electrons. The molecule has 0 aliphatic carbocycles. The Morgan fingerprint density at radius 2 is 2.20 bits per heavy atom. The average molecular weight is 163 g/mol. The standard InChI is InChI=1S/C6H13NO2S/c1-10-6(8)4-2-3-5-7(6)9/h8-9H,2-5H2,1H3. The number of hydrogen-bond acceptors (Lipinski definition) is 4. The van der Waals surface area contributed by atoms with E-state index >= 15 is 0 Å². The van der Waals surface area contributed by atoms with E-state index in [2.05, 4.69) is 0 Å². The maximum Gasteiger partial charge on any atom is 0.188 e. The first-order chi connectivity index (χ1) is 4.69. The highest BCUT2D eigenvalue weighted by molar-refractivity contribution is 7.99. The Morgan fingerprint density at radius 1 is 1.50 bits per heavy atom. The summed E-state index contributed by atoms with van der Waals surface area (Å²) in [4.78, 5) is 0. The highest BCUT2D eigenvalue weighted by Crippen LogP contribution is 2.32. The van der Waals surface area contributed by atoms with E-state index in [9.17, 15) is 10.3 Å². The van der Waals surface area contributed by atoms with Gasteiger partial charge in [-0.1, -0.05) is 0 Å². The molecular weight excluding hydrogens is 150 g/mol. The van der Waals surface area contributed by atoms with Crippen molar-refractivity contribution in [2.45, 2.75) is 24.3 Å². The summed E-state index contributed by atoms with van der Waals surface area (Å²) in [5.74, 6) is 0. The van der Waals surface area contributed by atoms with E-state index in [1.807, 2.05) is 0 Å². The van der Waals surface area contributed by atoms with E-state index in [0.717, 1.165) is 17.9 Å². The van der Waals surface area contributed by atoms with Crippen molar-refractivity contribution in [3.05, 3.63) is 0 Å². The lowest BCUT2D eigenvalue weighted by Gasteiger charge is -2.37. The lowest BCUT2D eigenvalue weighted by atomic mass is 10.1. The summed E-state index contributed by atoms with van der Waals surface area (Å²) in [5.41, 5.74) is 0. The van der Waals surface area contributed by atoms with Crippen molar-refractivity contribution in [3.63, 3.8) is 0 Å². The van der Waals surface area contributed by atoms with Crippen LogP contribution in [0.3, 0.4) is 0 Å². The zero-order chi connectivity index (χ0) is 7.61. The van der Waals surface area contributed by atoms with Gasteiger partial charge in [0.15, 0.2) is 5.06 Å². The Labute approximate surface area is 65.0 Å². The highest BCUT2D eigenvalue weighted by Gasteiger charge is 2.34. The Balaban J connectivity index is 2.54. The number of rotatable bonds is 1. The van der Waals surface area contributed by atoms with Crippen LogP contribution in [0, 0.1) is 0 Å². The summed E-state index contributed by atoms with van der Waals surface area (Å²) in [7, 11) is 0. The maximum absolute atomic E-state index is 9.59. The summed E-state index contributed by atoms with van der Waals surface area (Å²) < 4.78 is 0. The van der Waals surface area contributed by atoms with Gasteiger partial charge >= 0.3 is 0 Å². The minimum Gasteiger partial charge on any atom is -0.365 e. The molecule has 0 bridgehead atoms. The molecule has 4 heteroatoms. The van der Waals surface area contributed by atoms with Crippen molar-refractivity contribution in [1.29, 1.82) is 0 Å². The Kier molecular flexibility index (Phi) is 2.57. The second-order valence-corrected chi connectivity index (χ2v) is 3.59. The van der Waals surface area contributed by atoms with Gasteiger partial charge in [0.2, 0.25) is 0 Å². The zero-order valence-electron chi connectivity index (χ0n) is 6.08. The maximum atomic E-state index is 9.59. The number of aliphatic hydroxyl groups is 1. The molecule has 1 rings (SSSR count). The number of nitrogens with zero attached hydrogens (tertiary/aromatic N) is 1. The fourth-order valence-electron chi connectivity index (χ4n) is 1.13. The molecule has 1 saturated heterocycles. The second kappa shape index (κ2) is 3.09. The number of thioether (sulfide) groups is 1. The van der Waals surface area contributed by atoms with Crippen LogP contribution in [0.2, 0.25) is 0 Å². The second-order valence-electron chi connectivity index (χ2n) is 2.53. The van der Waals surface area contributed by atoms with Crippen LogP contribution >= 0.6 is 11.8 Å². The van der Waals surface area contributed by atoms with Crippen LogP contribution in [0.5, 0.6) is 0 Å². The molecular formula is C6H13NO2S. The SMILES string of the molecule is CSC1(O)CCCCN1O. The van der Waals surface area contributed by atoms with Gasteiger partial charge in [-0.15, -0.1) is 11.8 Å². The molecule has 1 fully saturated rings. The summed E-state index contributed by atoms with van der Waals surface area (Å²) in [6.07, 6.45) is 4.42. The number of hydroxylamine groups is 2. The van der Waals surface area contributed by atoms with Crippen LogP contribution in [0.1, 0.15) is 19.3 Å². The quantitative estimate of drug-likeness (QED) is 0.563. The van der Waals surface area contributed by atoms with Gasteiger partial charge in [0.05, 0.1) is 0 Å². The van der Waals surface area contributed by atoms with Gasteiger partial charge in [0, 0.05) is 13.0 Å². The molecule has 10 heavy (non-hydrogen) atoms. The first kappa shape index (κ1) is 8.33. The van der Waals surface area contributed by atoms with Gasteiger partial charge in [0.25, 0.3) is 0 Å². The number of piperidine rings is 1. The molecule has 3 nitrogen and oxygen atoms in total. The minimum absolute atomic E-state index is 0.581. The molecule has 1 unspecified atom stereocenters. The average Bonchev–Trinajstić information content (AvgIpc) is 1.96. The highest BCUT2D eigenvalue weighted by atomic mass is 32.2. The predicted molar refractivity (Wildman–Crippen MR) is 40.8 cm³/mol. The van der Waals surface area contributed by atoms with Crippen molar-refractivity contribution in [2.75, 3.05) is 12.8 Å². The van der Waals surface area contributed by atoms with Crippen LogP contribution in [0.25, 0.3) is 0 Å². The Hall–Kier alpha value is 0.230. The molecule has 1 heterocycles. The lowest BCUT2D eigenvalue weighted by molar-refractivity contribution is -0.230. The van der Waals surface area contributed by atoms with E-state index in [0.29, 0.717) is 13.0 Å². The molecule has 0 amide bonds. The summed E-state index contributed by atoms with van der Waals surface area (Å²) in [6, 6.07) is 0. The van der Waals surface area contributed by atoms with E-state index in [1.165, 1.54) is 11.8 Å². The fourth-order valence-corrected chi connectivity index (χ4v) is 1.78. The van der Waals surface area contributed by atoms with Crippen LogP contribution in [0.4, 0.5) is 0 Å². The Morgan fingerprint density at radius 3 is 2.60 bits per heavy atom. The molecule has 0 aromatic heterocycles. The first-order valence-electron chi connectivity index (χ1n) is 3.43. The van der Waals surface area contributed by atoms with Crippen LogP contribution in [0.15, 0.2) is 0 Å². The van der Waals surface area contributed by atoms with Gasteiger partial charge in [-0.3, -0.25) is 0 Å². The fraction of sp³-hybridized carbons (Fsp3) is 1.00. The van der Waals surface area contributed by atoms with Crippen LogP contribution < -0.4 is 0 Å². The van der Waals surface area contributed by atoms with Crippen molar-refractivity contribution >= 4 is 11.8 Å². The molecule has 0 radical (unpaired) electrons. The molecule has 2 N–H and O–H groups in total. The summed E-state index contributed by atoms with van der Waals surface area (Å²) in [6.45, 7) is 0.581. The Bertz CT molecular complexity index is 122. The van der Waals surface area contributed by atoms with Gasteiger partial charge < -0.3 is 10.3 Å². The summed E-state index contributed by atoms with van der Waals surface area (Å²) in [5, 5.41) is 18.8. The van der Waals surface area contributed by atoms with Gasteiger partial charge in [-0.2, -0.15) is 5.06 Å². The van der Waals surface area contributed by atoms with Crippen molar-refractivity contribution in [3.8, 4) is 0 Å². The predicted octanol–water partition coefficient (Wildman–Crippen LogP) is 0.871. The molecule has 1 aliphatic heterocycles. The summed E-state index contributed by atoms with van der Waals surface area (Å²) >= 11 is 1.29. The molecule has 0 saturated carbocycles. The van der Waals surface area contributed by atoms with E-state index < -0.39 is 5.06 Å². The molecule has 0 spiro atoms. The topological polar surface area (TPSA) is 43.7 Å². The zero-order valence-corrected chi connectivity index (χ0v) is 6.89. The van der Waals surface area contributed by atoms with E-state index in [1.54, 1.807) is 6.26 Å². The van der Waals surface area contributed by atoms with Gasteiger partial charge in [0.1, 0.15) is 0 Å². The molecule has 0 aromatic rings. The third-order valence-electron chi connectivity index (χ3n) is 1.85. The van der Waals surface area contributed by atoms with E-state index in [4.69, 9.17) is 0 Å². The van der Waals surface area contributed by atoms with Crippen molar-refractivity contribution in [2.24, 2.45) is 0 Å². The van der Waals surface area contributed by atoms with Gasteiger partial charge in [-0.05, 0) is 19.1 Å². The lowest BCUT2D eigenvalue weighted by Crippen LogP contribution is -2.47.